The van der Waals surface area contributed by atoms with Crippen molar-refractivity contribution in [3.05, 3.63) is 34.8 Å². The molecule has 0 N–H and O–H groups in total. The summed E-state index contributed by atoms with van der Waals surface area (Å²) in [5, 5.41) is 0.545. The molecule has 20 heavy (non-hydrogen) atoms. The maximum Gasteiger partial charge on any atom is 0.281 e. The first kappa shape index (κ1) is 16.9. The van der Waals surface area contributed by atoms with Gasteiger partial charge in [-0.3, -0.25) is 0 Å². The van der Waals surface area contributed by atoms with Gasteiger partial charge in [0.2, 0.25) is 0 Å². The van der Waals surface area contributed by atoms with E-state index in [1.54, 1.807) is 31.4 Å². The molecule has 2 aromatic rings. The summed E-state index contributed by atoms with van der Waals surface area (Å²) in [6, 6.07) is 7.09. The van der Waals surface area contributed by atoms with Crippen LogP contribution in [0.1, 0.15) is 30.8 Å². The molecule has 6 heteroatoms. The van der Waals surface area contributed by atoms with Crippen LogP contribution in [0.25, 0.3) is 10.6 Å². The van der Waals surface area contributed by atoms with Crippen molar-refractivity contribution in [1.29, 1.82) is 0 Å². The van der Waals surface area contributed by atoms with Crippen molar-refractivity contribution in [3.8, 4) is 16.3 Å². The number of hydrogen-bond acceptors (Lipinski definition) is 3. The molecule has 1 aromatic heterocycles. The van der Waals surface area contributed by atoms with Crippen LogP contribution in [0.15, 0.2) is 24.3 Å². The van der Waals surface area contributed by atoms with Crippen molar-refractivity contribution >= 4 is 22.9 Å². The summed E-state index contributed by atoms with van der Waals surface area (Å²) >= 11 is 6.83. The van der Waals surface area contributed by atoms with Gasteiger partial charge in [-0.1, -0.05) is 13.8 Å². The molecule has 0 atom stereocenters. The van der Waals surface area contributed by atoms with E-state index in [-0.39, 0.29) is 11.6 Å². The Labute approximate surface area is 126 Å². The van der Waals surface area contributed by atoms with E-state index in [1.165, 1.54) is 11.3 Å². The van der Waals surface area contributed by atoms with Crippen LogP contribution in [0, 0.1) is 0 Å². The number of alkyl halides is 3. The zero-order valence-corrected chi connectivity index (χ0v) is 13.1. The predicted molar refractivity (Wildman–Crippen MR) is 80.0 cm³/mol. The Morgan fingerprint density at radius 2 is 1.85 bits per heavy atom. The molecule has 0 saturated carbocycles. The molecule has 0 amide bonds. The van der Waals surface area contributed by atoms with Crippen molar-refractivity contribution < 1.29 is 13.5 Å². The second-order valence-electron chi connectivity index (χ2n) is 3.49. The first-order valence-corrected chi connectivity index (χ1v) is 7.49. The van der Waals surface area contributed by atoms with Gasteiger partial charge in [0, 0.05) is 10.4 Å². The van der Waals surface area contributed by atoms with Crippen LogP contribution in [0.2, 0.25) is 0 Å². The van der Waals surface area contributed by atoms with Gasteiger partial charge in [0.1, 0.15) is 16.5 Å². The Morgan fingerprint density at radius 1 is 1.25 bits per heavy atom. The van der Waals surface area contributed by atoms with Crippen molar-refractivity contribution in [3.63, 3.8) is 0 Å². The molecule has 0 fully saturated rings. The number of benzene rings is 1. The van der Waals surface area contributed by atoms with E-state index in [2.05, 4.69) is 4.98 Å². The van der Waals surface area contributed by atoms with Gasteiger partial charge in [0.25, 0.3) is 6.43 Å². The molecule has 0 aliphatic heterocycles. The van der Waals surface area contributed by atoms with Crippen LogP contribution in [-0.4, -0.2) is 12.1 Å². The molecule has 0 bridgehead atoms. The lowest BCUT2D eigenvalue weighted by atomic mass is 10.2. The fraction of sp³-hybridized carbons (Fsp3) is 0.357. The van der Waals surface area contributed by atoms with Gasteiger partial charge in [0.15, 0.2) is 0 Å². The smallest absolute Gasteiger partial charge is 0.281 e. The summed E-state index contributed by atoms with van der Waals surface area (Å²) in [5.74, 6) is 0.759. The molecule has 1 aromatic carbocycles. The molecule has 0 aliphatic carbocycles. The first-order chi connectivity index (χ1) is 9.65. The maximum atomic E-state index is 12.7. The van der Waals surface area contributed by atoms with Gasteiger partial charge in [-0.05, 0) is 24.3 Å². The monoisotopic (exact) mass is 319 g/mol. The topological polar surface area (TPSA) is 22.1 Å². The zero-order valence-electron chi connectivity index (χ0n) is 11.5. The third-order valence-corrected chi connectivity index (χ3v) is 3.94. The second-order valence-corrected chi connectivity index (χ2v) is 4.84. The van der Waals surface area contributed by atoms with Crippen LogP contribution in [0.5, 0.6) is 5.75 Å². The lowest BCUT2D eigenvalue weighted by molar-refractivity contribution is 0.146. The number of rotatable bonds is 4. The van der Waals surface area contributed by atoms with E-state index >= 15 is 0 Å². The van der Waals surface area contributed by atoms with Gasteiger partial charge in [-0.2, -0.15) is 0 Å². The summed E-state index contributed by atoms with van der Waals surface area (Å²) in [4.78, 5) is 4.36. The van der Waals surface area contributed by atoms with Crippen LogP contribution < -0.4 is 4.74 Å². The summed E-state index contributed by atoms with van der Waals surface area (Å²) in [5.41, 5.74) is 0.555. The summed E-state index contributed by atoms with van der Waals surface area (Å²) in [6.45, 7) is 4.00. The summed E-state index contributed by atoms with van der Waals surface area (Å²) in [7, 11) is 1.57. The average molecular weight is 320 g/mol. The maximum absolute atomic E-state index is 12.7. The van der Waals surface area contributed by atoms with Crippen LogP contribution in [0.3, 0.4) is 0 Å². The van der Waals surface area contributed by atoms with E-state index < -0.39 is 6.43 Å². The molecule has 0 saturated heterocycles. The van der Waals surface area contributed by atoms with E-state index in [1.807, 2.05) is 13.8 Å². The zero-order chi connectivity index (χ0) is 15.1. The van der Waals surface area contributed by atoms with Crippen molar-refractivity contribution in [2.75, 3.05) is 7.11 Å². The van der Waals surface area contributed by atoms with Crippen molar-refractivity contribution in [2.45, 2.75) is 26.2 Å². The highest BCUT2D eigenvalue weighted by molar-refractivity contribution is 7.15. The molecular weight excluding hydrogens is 304 g/mol. The quantitative estimate of drug-likeness (QED) is 0.692. The Balaban J connectivity index is 0.000000956. The molecule has 1 heterocycles. The average Bonchev–Trinajstić information content (AvgIpc) is 2.94. The minimum Gasteiger partial charge on any atom is -0.497 e. The SMILES string of the molecule is CC.COc1ccc(-c2nc(C(F)F)c(CCl)s2)cc1. The van der Waals surface area contributed by atoms with Crippen molar-refractivity contribution in [2.24, 2.45) is 0 Å². The van der Waals surface area contributed by atoms with Gasteiger partial charge < -0.3 is 4.74 Å². The molecule has 0 radical (unpaired) electrons. The highest BCUT2D eigenvalue weighted by Gasteiger charge is 2.19. The minimum absolute atomic E-state index is 0.0491. The molecule has 0 aliphatic rings. The lowest BCUT2D eigenvalue weighted by Gasteiger charge is -2.00. The Kier molecular flexibility index (Phi) is 6.88. The van der Waals surface area contributed by atoms with E-state index in [0.29, 0.717) is 15.6 Å². The largest absolute Gasteiger partial charge is 0.497 e. The molecule has 2 rings (SSSR count). The molecule has 0 unspecified atom stereocenters. The van der Waals surface area contributed by atoms with Crippen LogP contribution >= 0.6 is 22.9 Å². The highest BCUT2D eigenvalue weighted by atomic mass is 35.5. The molecule has 0 spiro atoms. The Morgan fingerprint density at radius 3 is 2.25 bits per heavy atom. The third kappa shape index (κ3) is 3.90. The normalized spacial score (nSPS) is 10.2. The van der Waals surface area contributed by atoms with Crippen LogP contribution in [0.4, 0.5) is 8.78 Å². The molecular formula is C14H16ClF2NOS. The van der Waals surface area contributed by atoms with Crippen molar-refractivity contribution in [1.82, 2.24) is 4.98 Å². The standard InChI is InChI=1S/C12H10ClF2NOS.C2H6/c1-17-8-4-2-7(3-5-8)12-16-10(11(14)15)9(6-13)18-12;1-2/h2-5,11H,6H2,1H3;1-2H3. The Hall–Kier alpha value is -1.20. The van der Waals surface area contributed by atoms with Gasteiger partial charge in [-0.25, -0.2) is 13.8 Å². The second kappa shape index (κ2) is 8.17. The number of nitrogens with zero attached hydrogens (tertiary/aromatic N) is 1. The predicted octanol–water partition coefficient (Wildman–Crippen LogP) is 5.52. The third-order valence-electron chi connectivity index (χ3n) is 2.39. The van der Waals surface area contributed by atoms with Gasteiger partial charge in [-0.15, -0.1) is 22.9 Å². The fourth-order valence-electron chi connectivity index (χ4n) is 1.49. The summed E-state index contributed by atoms with van der Waals surface area (Å²) in [6.07, 6.45) is -2.60. The highest BCUT2D eigenvalue weighted by Crippen LogP contribution is 2.34. The van der Waals surface area contributed by atoms with E-state index in [0.717, 1.165) is 5.56 Å². The number of methoxy groups -OCH3 is 1. The lowest BCUT2D eigenvalue weighted by Crippen LogP contribution is -1.88. The number of thiazole rings is 1. The number of ether oxygens (including phenoxy) is 1. The minimum atomic E-state index is -2.60. The Bertz CT molecular complexity index is 528. The van der Waals surface area contributed by atoms with Gasteiger partial charge in [0.05, 0.1) is 13.0 Å². The number of aromatic nitrogens is 1. The van der Waals surface area contributed by atoms with E-state index in [9.17, 15) is 8.78 Å². The fourth-order valence-corrected chi connectivity index (χ4v) is 2.71. The molecule has 2 nitrogen and oxygen atoms in total. The van der Waals surface area contributed by atoms with E-state index in [4.69, 9.17) is 16.3 Å². The number of halogens is 3. The molecule has 110 valence electrons. The first-order valence-electron chi connectivity index (χ1n) is 6.14. The summed E-state index contributed by atoms with van der Waals surface area (Å²) < 4.78 is 30.5. The number of hydrogen-bond donors (Lipinski definition) is 0. The van der Waals surface area contributed by atoms with Crippen LogP contribution in [-0.2, 0) is 5.88 Å². The van der Waals surface area contributed by atoms with Gasteiger partial charge >= 0.3 is 0 Å².